The van der Waals surface area contributed by atoms with Crippen LogP contribution in [0.25, 0.3) is 5.70 Å². The molecule has 6 heteroatoms. The molecule has 2 fully saturated rings. The Morgan fingerprint density at radius 1 is 0.788 bits per heavy atom. The van der Waals surface area contributed by atoms with E-state index in [2.05, 4.69) is 29.7 Å². The van der Waals surface area contributed by atoms with Gasteiger partial charge in [-0.1, -0.05) is 86.2 Å². The summed E-state index contributed by atoms with van der Waals surface area (Å²) in [5.74, 6) is 0.990. The van der Waals surface area contributed by atoms with Gasteiger partial charge in [-0.25, -0.2) is 0 Å². The van der Waals surface area contributed by atoms with E-state index in [0.29, 0.717) is 0 Å². The van der Waals surface area contributed by atoms with Crippen molar-refractivity contribution in [1.29, 1.82) is 0 Å². The molecule has 0 spiro atoms. The topological polar surface area (TPSA) is 24.4 Å². The quantitative estimate of drug-likeness (QED) is 0.534. The molecule has 2 aromatic carbocycles. The summed E-state index contributed by atoms with van der Waals surface area (Å²) in [6.07, 6.45) is 6.38. The number of nitrogens with zero attached hydrogens (tertiary/aromatic N) is 1. The number of hydrogen-bond acceptors (Lipinski definition) is 2. The van der Waals surface area contributed by atoms with Gasteiger partial charge in [0.05, 0.1) is 17.0 Å². The highest BCUT2D eigenvalue weighted by Gasteiger charge is 2.32. The Kier molecular flexibility index (Phi) is 6.35. The third kappa shape index (κ3) is 4.90. The second-order valence-corrected chi connectivity index (χ2v) is 9.79. The Balaban J connectivity index is 1.43. The molecule has 1 aliphatic heterocycles. The number of nitrogens with one attached hydrogen (secondary N) is 1. The minimum Gasteiger partial charge on any atom is -0.278 e. The van der Waals surface area contributed by atoms with Crippen LogP contribution in [0.4, 0.5) is 13.2 Å². The number of alkyl halides is 3. The highest BCUT2D eigenvalue weighted by atomic mass is 19.4. The summed E-state index contributed by atoms with van der Waals surface area (Å²) in [6, 6.07) is 14.4. The molecule has 0 saturated heterocycles. The van der Waals surface area contributed by atoms with E-state index in [4.69, 9.17) is 5.10 Å². The lowest BCUT2D eigenvalue weighted by molar-refractivity contribution is -0.137. The van der Waals surface area contributed by atoms with Gasteiger partial charge in [0.25, 0.3) is 0 Å². The van der Waals surface area contributed by atoms with E-state index in [1.165, 1.54) is 62.6 Å². The summed E-state index contributed by atoms with van der Waals surface area (Å²) < 4.78 is 39.1. The number of rotatable bonds is 4. The summed E-state index contributed by atoms with van der Waals surface area (Å²) in [6.45, 7) is 0. The summed E-state index contributed by atoms with van der Waals surface area (Å²) >= 11 is 0. The number of hydrazone groups is 1. The number of fused-ring (bicyclic) bond motifs is 1. The molecule has 0 radical (unpaired) electrons. The van der Waals surface area contributed by atoms with Gasteiger partial charge < -0.3 is 0 Å². The molecule has 0 amide bonds. The Labute approximate surface area is 194 Å². The van der Waals surface area contributed by atoms with E-state index in [1.54, 1.807) is 12.1 Å². The fraction of sp³-hybridized carbons (Fsp3) is 0.444. The van der Waals surface area contributed by atoms with Crippen LogP contribution in [0.2, 0.25) is 5.82 Å². The predicted octanol–water partition coefficient (Wildman–Crippen LogP) is 6.43. The third-order valence-corrected chi connectivity index (χ3v) is 7.55. The van der Waals surface area contributed by atoms with Crippen LogP contribution in [0, 0.1) is 5.92 Å². The molecule has 2 aliphatic carbocycles. The van der Waals surface area contributed by atoms with Gasteiger partial charge in [-0.2, -0.15) is 18.3 Å². The van der Waals surface area contributed by atoms with Crippen LogP contribution in [-0.4, -0.2) is 13.0 Å². The maximum Gasteiger partial charge on any atom is 0.416 e. The van der Waals surface area contributed by atoms with E-state index in [9.17, 15) is 13.2 Å². The Bertz CT molecular complexity index is 1030. The second kappa shape index (κ2) is 9.40. The molecule has 1 heterocycles. The van der Waals surface area contributed by atoms with Gasteiger partial charge >= 0.3 is 6.18 Å². The van der Waals surface area contributed by atoms with Crippen LogP contribution in [0.1, 0.15) is 74.5 Å². The highest BCUT2D eigenvalue weighted by molar-refractivity contribution is 6.55. The highest BCUT2D eigenvalue weighted by Crippen LogP contribution is 2.38. The van der Waals surface area contributed by atoms with Gasteiger partial charge in [-0.15, -0.1) is 0 Å². The Morgan fingerprint density at radius 3 is 2.15 bits per heavy atom. The van der Waals surface area contributed by atoms with E-state index >= 15 is 0 Å². The van der Waals surface area contributed by atoms with Crippen LogP contribution < -0.4 is 10.9 Å². The summed E-state index contributed by atoms with van der Waals surface area (Å²) in [5.41, 5.74) is 9.32. The van der Waals surface area contributed by atoms with Gasteiger partial charge in [0.15, 0.2) is 7.28 Å². The summed E-state index contributed by atoms with van der Waals surface area (Å²) in [5, 5.41) is 4.73. The zero-order chi connectivity index (χ0) is 22.8. The molecule has 1 N–H and O–H groups in total. The van der Waals surface area contributed by atoms with E-state index in [-0.39, 0.29) is 5.92 Å². The van der Waals surface area contributed by atoms with E-state index in [1.807, 2.05) is 0 Å². The molecule has 0 bridgehead atoms. The molecular formula is C27H30BF3N2. The van der Waals surface area contributed by atoms with Gasteiger partial charge in [-0.3, -0.25) is 5.43 Å². The number of allylic oxidation sites excluding steroid dienone is 1. The fourth-order valence-corrected chi connectivity index (χ4v) is 5.42. The summed E-state index contributed by atoms with van der Waals surface area (Å²) in [7, 11) is 1.17. The first-order valence-electron chi connectivity index (χ1n) is 12.3. The Hall–Kier alpha value is -2.50. The van der Waals surface area contributed by atoms with Crippen molar-refractivity contribution in [2.24, 2.45) is 11.0 Å². The first-order chi connectivity index (χ1) is 16.0. The predicted molar refractivity (Wildman–Crippen MR) is 130 cm³/mol. The van der Waals surface area contributed by atoms with Gasteiger partial charge in [-0.05, 0) is 48.1 Å². The zero-order valence-electron chi connectivity index (χ0n) is 18.9. The standard InChI is InChI=1S/C27H30BF3N2/c29-27(30,31)20-14-10-18(11-15-20)25-23-8-3-1-2-4-9-24(23)26(33-32-25)19-12-16-22(17-13-19)28-21-6-5-7-21/h10-17,21,23,28,33H,1-9H2. The second-order valence-electron chi connectivity index (χ2n) is 9.79. The lowest BCUT2D eigenvalue weighted by Gasteiger charge is -2.31. The molecule has 2 saturated carbocycles. The van der Waals surface area contributed by atoms with Crippen molar-refractivity contribution in [3.8, 4) is 0 Å². The normalized spacial score (nSPS) is 21.8. The molecule has 1 atom stereocenters. The van der Waals surface area contributed by atoms with Crippen LogP contribution in [-0.2, 0) is 6.18 Å². The molecule has 5 rings (SSSR count). The monoisotopic (exact) mass is 450 g/mol. The fourth-order valence-electron chi connectivity index (χ4n) is 5.42. The number of benzene rings is 2. The van der Waals surface area contributed by atoms with E-state index < -0.39 is 11.7 Å². The van der Waals surface area contributed by atoms with E-state index in [0.717, 1.165) is 54.0 Å². The van der Waals surface area contributed by atoms with Crippen LogP contribution in [0.5, 0.6) is 0 Å². The third-order valence-electron chi connectivity index (χ3n) is 7.55. The molecule has 3 aliphatic rings. The Morgan fingerprint density at radius 2 is 1.48 bits per heavy atom. The molecule has 33 heavy (non-hydrogen) atoms. The van der Waals surface area contributed by atoms with Crippen molar-refractivity contribution < 1.29 is 13.2 Å². The number of halogens is 3. The van der Waals surface area contributed by atoms with Crippen LogP contribution >= 0.6 is 0 Å². The first-order valence-corrected chi connectivity index (χ1v) is 12.3. The molecule has 1 unspecified atom stereocenters. The van der Waals surface area contributed by atoms with Crippen molar-refractivity contribution in [2.45, 2.75) is 69.8 Å². The van der Waals surface area contributed by atoms with Gasteiger partial charge in [0.1, 0.15) is 0 Å². The first kappa shape index (κ1) is 22.3. The number of hydrogen-bond donors (Lipinski definition) is 1. The minimum atomic E-state index is -4.32. The summed E-state index contributed by atoms with van der Waals surface area (Å²) in [4.78, 5) is 0. The molecule has 2 nitrogen and oxygen atoms in total. The lowest BCUT2D eigenvalue weighted by atomic mass is 9.52. The van der Waals surface area contributed by atoms with Crippen molar-refractivity contribution in [3.63, 3.8) is 0 Å². The van der Waals surface area contributed by atoms with Crippen LogP contribution in [0.15, 0.2) is 59.2 Å². The van der Waals surface area contributed by atoms with Gasteiger partial charge in [0, 0.05) is 5.92 Å². The van der Waals surface area contributed by atoms with Gasteiger partial charge in [0.2, 0.25) is 0 Å². The molecular weight excluding hydrogens is 420 g/mol. The molecule has 0 aromatic heterocycles. The smallest absolute Gasteiger partial charge is 0.278 e. The van der Waals surface area contributed by atoms with Crippen molar-refractivity contribution in [3.05, 3.63) is 70.8 Å². The maximum absolute atomic E-state index is 13.0. The van der Waals surface area contributed by atoms with Crippen molar-refractivity contribution >= 4 is 24.2 Å². The lowest BCUT2D eigenvalue weighted by Crippen LogP contribution is -2.30. The molecule has 2 aromatic rings. The van der Waals surface area contributed by atoms with Crippen LogP contribution in [0.3, 0.4) is 0 Å². The van der Waals surface area contributed by atoms with Crippen molar-refractivity contribution in [1.82, 2.24) is 5.43 Å². The average Bonchev–Trinajstić information content (AvgIpc) is 2.76. The SMILES string of the molecule is FC(F)(F)c1ccc(C2=NNC(c3ccc(BC4CCC4)cc3)=C3CCCCCCC23)cc1. The largest absolute Gasteiger partial charge is 0.416 e. The average molecular weight is 450 g/mol. The molecule has 172 valence electrons. The minimum absolute atomic E-state index is 0.146. The van der Waals surface area contributed by atoms with Crippen molar-refractivity contribution in [2.75, 3.05) is 0 Å². The zero-order valence-corrected chi connectivity index (χ0v) is 18.9. The maximum atomic E-state index is 13.0.